The molecular weight excluding hydrogens is 212 g/mol. The van der Waals surface area contributed by atoms with Gasteiger partial charge in [-0.15, -0.1) is 5.10 Å². The van der Waals surface area contributed by atoms with Gasteiger partial charge in [-0.05, 0) is 30.7 Å². The third kappa shape index (κ3) is 1.63. The van der Waals surface area contributed by atoms with Crippen LogP contribution in [-0.2, 0) is 0 Å². The Morgan fingerprint density at radius 2 is 2.06 bits per heavy atom. The average molecular weight is 224 g/mol. The molecule has 0 aliphatic heterocycles. The quantitative estimate of drug-likeness (QED) is 0.645. The number of benzene rings is 1. The first-order valence-corrected chi connectivity index (χ1v) is 5.42. The molecule has 3 rings (SSSR count). The molecule has 0 spiro atoms. The average Bonchev–Trinajstić information content (AvgIpc) is 2.74. The smallest absolute Gasteiger partial charge is 0.182 e. The van der Waals surface area contributed by atoms with E-state index in [1.165, 1.54) is 0 Å². The summed E-state index contributed by atoms with van der Waals surface area (Å²) in [6.45, 7) is 2.02. The van der Waals surface area contributed by atoms with Gasteiger partial charge < -0.3 is 5.73 Å². The molecule has 0 aliphatic carbocycles. The summed E-state index contributed by atoms with van der Waals surface area (Å²) in [6.07, 6.45) is 1.89. The van der Waals surface area contributed by atoms with Crippen LogP contribution in [0.4, 0.5) is 5.69 Å². The second-order valence-corrected chi connectivity index (χ2v) is 4.02. The summed E-state index contributed by atoms with van der Waals surface area (Å²) >= 11 is 0. The molecule has 0 bridgehead atoms. The fourth-order valence-corrected chi connectivity index (χ4v) is 1.84. The van der Waals surface area contributed by atoms with Crippen LogP contribution >= 0.6 is 0 Å². The second kappa shape index (κ2) is 3.59. The van der Waals surface area contributed by atoms with E-state index in [2.05, 4.69) is 10.1 Å². The Bertz CT molecular complexity index is 685. The summed E-state index contributed by atoms with van der Waals surface area (Å²) < 4.78 is 1.79. The molecule has 0 saturated heterocycles. The molecule has 2 N–H and O–H groups in total. The lowest BCUT2D eigenvalue weighted by Gasteiger charge is -1.95. The highest BCUT2D eigenvalue weighted by Gasteiger charge is 2.07. The topological polar surface area (TPSA) is 56.2 Å². The first-order chi connectivity index (χ1) is 8.24. The van der Waals surface area contributed by atoms with Crippen LogP contribution in [0.2, 0.25) is 0 Å². The minimum Gasteiger partial charge on any atom is -0.399 e. The molecule has 0 radical (unpaired) electrons. The first-order valence-electron chi connectivity index (χ1n) is 5.42. The number of pyridine rings is 1. The summed E-state index contributed by atoms with van der Waals surface area (Å²) in [4.78, 5) is 4.52. The molecule has 2 aromatic heterocycles. The van der Waals surface area contributed by atoms with E-state index in [1.54, 1.807) is 4.52 Å². The maximum absolute atomic E-state index is 5.76. The van der Waals surface area contributed by atoms with Crippen LogP contribution in [0.1, 0.15) is 5.56 Å². The molecule has 3 aromatic rings. The Balaban J connectivity index is 2.22. The zero-order chi connectivity index (χ0) is 11.8. The highest BCUT2D eigenvalue weighted by Crippen LogP contribution is 2.19. The first kappa shape index (κ1) is 9.84. The Morgan fingerprint density at radius 3 is 2.82 bits per heavy atom. The second-order valence-electron chi connectivity index (χ2n) is 4.02. The number of aryl methyl sites for hydroxylation is 1. The van der Waals surface area contributed by atoms with Gasteiger partial charge in [0.25, 0.3) is 0 Å². The minimum absolute atomic E-state index is 0.701. The summed E-state index contributed by atoms with van der Waals surface area (Å²) in [6, 6.07) is 11.6. The molecule has 0 fully saturated rings. The van der Waals surface area contributed by atoms with Crippen molar-refractivity contribution >= 4 is 11.3 Å². The number of nitrogens with zero attached hydrogens (tertiary/aromatic N) is 3. The number of rotatable bonds is 1. The number of fused-ring (bicyclic) bond motifs is 1. The predicted molar refractivity (Wildman–Crippen MR) is 67.6 cm³/mol. The van der Waals surface area contributed by atoms with E-state index in [4.69, 9.17) is 5.73 Å². The van der Waals surface area contributed by atoms with Gasteiger partial charge in [-0.3, -0.25) is 0 Å². The van der Waals surface area contributed by atoms with E-state index < -0.39 is 0 Å². The molecule has 0 unspecified atom stereocenters. The lowest BCUT2D eigenvalue weighted by molar-refractivity contribution is 0.960. The van der Waals surface area contributed by atoms with Crippen LogP contribution in [0.15, 0.2) is 42.6 Å². The Hall–Kier alpha value is -2.36. The lowest BCUT2D eigenvalue weighted by atomic mass is 10.2. The van der Waals surface area contributed by atoms with E-state index in [9.17, 15) is 0 Å². The van der Waals surface area contributed by atoms with Crippen LogP contribution < -0.4 is 5.73 Å². The number of anilines is 1. The zero-order valence-corrected chi connectivity index (χ0v) is 9.46. The molecule has 0 aliphatic rings. The van der Waals surface area contributed by atoms with Crippen molar-refractivity contribution in [1.82, 2.24) is 14.6 Å². The SMILES string of the molecule is Cc1cccn2nc(-c3cccc(N)c3)nc12. The Labute approximate surface area is 98.7 Å². The Kier molecular flexibility index (Phi) is 2.08. The number of nitrogen functional groups attached to an aromatic ring is 1. The highest BCUT2D eigenvalue weighted by atomic mass is 15.3. The normalized spacial score (nSPS) is 10.9. The van der Waals surface area contributed by atoms with Crippen molar-refractivity contribution in [2.24, 2.45) is 0 Å². The summed E-state index contributed by atoms with van der Waals surface area (Å²) in [5, 5.41) is 4.43. The van der Waals surface area contributed by atoms with Gasteiger partial charge in [0.05, 0.1) is 0 Å². The van der Waals surface area contributed by atoms with Crippen LogP contribution in [0.3, 0.4) is 0 Å². The van der Waals surface area contributed by atoms with Crippen molar-refractivity contribution in [2.45, 2.75) is 6.92 Å². The van der Waals surface area contributed by atoms with E-state index in [0.717, 1.165) is 22.5 Å². The van der Waals surface area contributed by atoms with Crippen LogP contribution in [0, 0.1) is 6.92 Å². The van der Waals surface area contributed by atoms with Crippen LogP contribution in [-0.4, -0.2) is 14.6 Å². The summed E-state index contributed by atoms with van der Waals surface area (Å²) in [7, 11) is 0. The summed E-state index contributed by atoms with van der Waals surface area (Å²) in [5.74, 6) is 0.701. The zero-order valence-electron chi connectivity index (χ0n) is 9.46. The van der Waals surface area contributed by atoms with Gasteiger partial charge >= 0.3 is 0 Å². The van der Waals surface area contributed by atoms with E-state index in [0.29, 0.717) is 5.82 Å². The molecule has 4 nitrogen and oxygen atoms in total. The number of hydrogen-bond donors (Lipinski definition) is 1. The van der Waals surface area contributed by atoms with Crippen molar-refractivity contribution in [3.63, 3.8) is 0 Å². The fraction of sp³-hybridized carbons (Fsp3) is 0.0769. The van der Waals surface area contributed by atoms with Crippen molar-refractivity contribution in [3.05, 3.63) is 48.2 Å². The standard InChI is InChI=1S/C13H12N4/c1-9-4-3-7-17-13(9)15-12(16-17)10-5-2-6-11(14)8-10/h2-8H,14H2,1H3. The number of nitrogens with two attached hydrogens (primary N) is 1. The van der Waals surface area contributed by atoms with Gasteiger partial charge in [0.1, 0.15) is 0 Å². The summed E-state index contributed by atoms with van der Waals surface area (Å²) in [5.41, 5.74) is 9.40. The molecule has 1 aromatic carbocycles. The molecule has 2 heterocycles. The molecule has 0 amide bonds. The Morgan fingerprint density at radius 1 is 1.18 bits per heavy atom. The molecule has 4 heteroatoms. The molecule has 17 heavy (non-hydrogen) atoms. The number of hydrogen-bond acceptors (Lipinski definition) is 3. The fourth-order valence-electron chi connectivity index (χ4n) is 1.84. The third-order valence-corrected chi connectivity index (χ3v) is 2.70. The van der Waals surface area contributed by atoms with Gasteiger partial charge in [-0.25, -0.2) is 9.50 Å². The maximum atomic E-state index is 5.76. The monoisotopic (exact) mass is 224 g/mol. The van der Waals surface area contributed by atoms with Crippen molar-refractivity contribution < 1.29 is 0 Å². The van der Waals surface area contributed by atoms with Crippen LogP contribution in [0.25, 0.3) is 17.0 Å². The third-order valence-electron chi connectivity index (χ3n) is 2.70. The molecule has 0 saturated carbocycles. The minimum atomic E-state index is 0.701. The lowest BCUT2D eigenvalue weighted by Crippen LogP contribution is -1.88. The number of aromatic nitrogens is 3. The van der Waals surface area contributed by atoms with Crippen molar-refractivity contribution in [2.75, 3.05) is 5.73 Å². The largest absolute Gasteiger partial charge is 0.399 e. The highest BCUT2D eigenvalue weighted by molar-refractivity contribution is 5.63. The maximum Gasteiger partial charge on any atom is 0.182 e. The van der Waals surface area contributed by atoms with Gasteiger partial charge in [-0.1, -0.05) is 18.2 Å². The van der Waals surface area contributed by atoms with Gasteiger partial charge in [0.15, 0.2) is 11.5 Å². The van der Waals surface area contributed by atoms with Gasteiger partial charge in [-0.2, -0.15) is 0 Å². The van der Waals surface area contributed by atoms with Gasteiger partial charge in [0.2, 0.25) is 0 Å². The van der Waals surface area contributed by atoms with Gasteiger partial charge in [0, 0.05) is 17.4 Å². The van der Waals surface area contributed by atoms with E-state index >= 15 is 0 Å². The van der Waals surface area contributed by atoms with Crippen LogP contribution in [0.5, 0.6) is 0 Å². The molecule has 0 atom stereocenters. The van der Waals surface area contributed by atoms with Crippen molar-refractivity contribution in [1.29, 1.82) is 0 Å². The predicted octanol–water partition coefficient (Wildman–Crippen LogP) is 2.29. The van der Waals surface area contributed by atoms with E-state index in [-0.39, 0.29) is 0 Å². The van der Waals surface area contributed by atoms with Crippen molar-refractivity contribution in [3.8, 4) is 11.4 Å². The molecule has 84 valence electrons. The molecular formula is C13H12N4. The van der Waals surface area contributed by atoms with E-state index in [1.807, 2.05) is 49.5 Å².